The van der Waals surface area contributed by atoms with E-state index in [2.05, 4.69) is 19.8 Å². The van der Waals surface area contributed by atoms with Crippen molar-refractivity contribution in [3.05, 3.63) is 95.0 Å². The molecule has 3 heterocycles. The second kappa shape index (κ2) is 10.3. The third-order valence-electron chi connectivity index (χ3n) is 6.15. The van der Waals surface area contributed by atoms with Crippen LogP contribution < -0.4 is 10.5 Å². The molecule has 0 aliphatic rings. The highest BCUT2D eigenvalue weighted by atomic mass is 35.5. The molecule has 3 N–H and O–H groups in total. The zero-order valence-corrected chi connectivity index (χ0v) is 22.4. The number of aryl methyl sites for hydroxylation is 1. The van der Waals surface area contributed by atoms with Gasteiger partial charge in [0, 0.05) is 54.0 Å². The van der Waals surface area contributed by atoms with E-state index in [1.54, 1.807) is 43.8 Å². The van der Waals surface area contributed by atoms with E-state index in [0.717, 1.165) is 23.4 Å². The molecule has 5 rings (SSSR count). The molecular weight excluding hydrogens is 546 g/mol. The van der Waals surface area contributed by atoms with Gasteiger partial charge in [-0.1, -0.05) is 23.7 Å². The fourth-order valence-corrected chi connectivity index (χ4v) is 5.34. The molecule has 0 radical (unpaired) electrons. The van der Waals surface area contributed by atoms with Crippen LogP contribution in [0.4, 0.5) is 14.6 Å². The number of rotatable bonds is 7. The van der Waals surface area contributed by atoms with E-state index in [-0.39, 0.29) is 12.2 Å². The monoisotopic (exact) mass is 568 g/mol. The molecule has 0 spiro atoms. The van der Waals surface area contributed by atoms with Crippen LogP contribution in [0.1, 0.15) is 17.3 Å². The van der Waals surface area contributed by atoms with Crippen molar-refractivity contribution in [2.24, 2.45) is 12.8 Å². The molecule has 8 nitrogen and oxygen atoms in total. The number of sulfonamides is 1. The Labute approximate surface area is 228 Å². The number of nitrogens with one attached hydrogen (secondary N) is 1. The topological polar surface area (TPSA) is 116 Å². The molecule has 0 aliphatic heterocycles. The molecular formula is C27H23ClF2N6O2S. The second-order valence-electron chi connectivity index (χ2n) is 9.15. The fourth-order valence-electron chi connectivity index (χ4n) is 4.60. The minimum atomic E-state index is -3.64. The van der Waals surface area contributed by atoms with E-state index in [9.17, 15) is 17.2 Å². The SMILES string of the molecule is Cn1nc(NS(C)(=O)=O)c2c(Cl)ccc(-c3cc(-c4cccnc4)cnc3[C@@H](N)Cc3cc(F)cc(F)c3)c21. The minimum absolute atomic E-state index is 0.0827. The molecule has 0 aliphatic carbocycles. The minimum Gasteiger partial charge on any atom is -0.322 e. The van der Waals surface area contributed by atoms with E-state index in [1.807, 2.05) is 12.1 Å². The van der Waals surface area contributed by atoms with Crippen molar-refractivity contribution in [1.82, 2.24) is 19.7 Å². The molecule has 2 aromatic carbocycles. The van der Waals surface area contributed by atoms with Gasteiger partial charge in [-0.15, -0.1) is 0 Å². The summed E-state index contributed by atoms with van der Waals surface area (Å²) in [6.07, 6.45) is 6.16. The number of anilines is 1. The van der Waals surface area contributed by atoms with Crippen molar-refractivity contribution in [3.8, 4) is 22.3 Å². The van der Waals surface area contributed by atoms with Crippen LogP contribution in [-0.2, 0) is 23.5 Å². The molecule has 0 amide bonds. The second-order valence-corrected chi connectivity index (χ2v) is 11.3. The predicted molar refractivity (Wildman–Crippen MR) is 148 cm³/mol. The summed E-state index contributed by atoms with van der Waals surface area (Å²) in [4.78, 5) is 8.87. The van der Waals surface area contributed by atoms with Gasteiger partial charge < -0.3 is 5.73 Å². The number of hydrogen-bond acceptors (Lipinski definition) is 6. The summed E-state index contributed by atoms with van der Waals surface area (Å²) in [5, 5.41) is 5.06. The van der Waals surface area contributed by atoms with Gasteiger partial charge in [0.05, 0.1) is 33.9 Å². The van der Waals surface area contributed by atoms with E-state index < -0.39 is 27.7 Å². The van der Waals surface area contributed by atoms with Gasteiger partial charge in [0.2, 0.25) is 10.0 Å². The number of aromatic nitrogens is 4. The molecule has 3 aromatic heterocycles. The third kappa shape index (κ3) is 5.60. The largest absolute Gasteiger partial charge is 0.322 e. The predicted octanol–water partition coefficient (Wildman–Crippen LogP) is 5.24. The van der Waals surface area contributed by atoms with Gasteiger partial charge in [0.15, 0.2) is 5.82 Å². The normalized spacial score (nSPS) is 12.6. The maximum Gasteiger partial charge on any atom is 0.231 e. The Morgan fingerprint density at radius 2 is 1.79 bits per heavy atom. The Kier molecular flexibility index (Phi) is 7.06. The fraction of sp³-hybridized carbons (Fsp3) is 0.148. The summed E-state index contributed by atoms with van der Waals surface area (Å²) in [5.41, 5.74) is 10.8. The van der Waals surface area contributed by atoms with Crippen LogP contribution in [0.15, 0.2) is 67.1 Å². The Balaban J connectivity index is 1.72. The van der Waals surface area contributed by atoms with Crippen LogP contribution in [0.5, 0.6) is 0 Å². The lowest BCUT2D eigenvalue weighted by Gasteiger charge is -2.18. The Hall–Kier alpha value is -3.93. The van der Waals surface area contributed by atoms with Crippen molar-refractivity contribution in [2.75, 3.05) is 11.0 Å². The lowest BCUT2D eigenvalue weighted by molar-refractivity contribution is 0.575. The van der Waals surface area contributed by atoms with Crippen LogP contribution in [0.3, 0.4) is 0 Å². The molecule has 0 bridgehead atoms. The third-order valence-corrected chi connectivity index (χ3v) is 7.03. The number of fused-ring (bicyclic) bond motifs is 1. The zero-order chi connectivity index (χ0) is 27.9. The smallest absolute Gasteiger partial charge is 0.231 e. The van der Waals surface area contributed by atoms with E-state index in [4.69, 9.17) is 17.3 Å². The van der Waals surface area contributed by atoms with E-state index in [1.165, 1.54) is 16.8 Å². The van der Waals surface area contributed by atoms with Crippen molar-refractivity contribution in [1.29, 1.82) is 0 Å². The first-order valence-corrected chi connectivity index (χ1v) is 14.0. The summed E-state index contributed by atoms with van der Waals surface area (Å²) in [6.45, 7) is 0. The first-order chi connectivity index (χ1) is 18.5. The quantitative estimate of drug-likeness (QED) is 0.277. The molecule has 0 saturated heterocycles. The maximum atomic E-state index is 13.9. The Bertz CT molecular complexity index is 1790. The van der Waals surface area contributed by atoms with Crippen LogP contribution in [0, 0.1) is 11.6 Å². The summed E-state index contributed by atoms with van der Waals surface area (Å²) >= 11 is 6.52. The highest BCUT2D eigenvalue weighted by molar-refractivity contribution is 7.92. The maximum absolute atomic E-state index is 13.9. The van der Waals surface area contributed by atoms with E-state index >= 15 is 0 Å². The molecule has 0 unspecified atom stereocenters. The molecule has 1 atom stereocenters. The summed E-state index contributed by atoms with van der Waals surface area (Å²) in [5.74, 6) is -1.31. The highest BCUT2D eigenvalue weighted by Crippen LogP contribution is 2.40. The first-order valence-electron chi connectivity index (χ1n) is 11.7. The van der Waals surface area contributed by atoms with Gasteiger partial charge in [-0.05, 0) is 42.3 Å². The number of hydrogen-bond donors (Lipinski definition) is 2. The molecule has 0 saturated carbocycles. The molecule has 39 heavy (non-hydrogen) atoms. The molecule has 0 fully saturated rings. The van der Waals surface area contributed by atoms with Gasteiger partial charge in [-0.2, -0.15) is 5.10 Å². The lowest BCUT2D eigenvalue weighted by Crippen LogP contribution is -2.17. The van der Waals surface area contributed by atoms with Gasteiger partial charge in [-0.25, -0.2) is 17.2 Å². The highest BCUT2D eigenvalue weighted by Gasteiger charge is 2.23. The van der Waals surface area contributed by atoms with Crippen molar-refractivity contribution >= 4 is 38.3 Å². The zero-order valence-electron chi connectivity index (χ0n) is 20.9. The van der Waals surface area contributed by atoms with Gasteiger partial charge in [0.1, 0.15) is 11.6 Å². The number of nitrogens with two attached hydrogens (primary N) is 1. The summed E-state index contributed by atoms with van der Waals surface area (Å²) < 4.78 is 55.7. The Morgan fingerprint density at radius 1 is 1.05 bits per heavy atom. The number of pyridine rings is 2. The van der Waals surface area contributed by atoms with Crippen molar-refractivity contribution in [3.63, 3.8) is 0 Å². The average molecular weight is 569 g/mol. The lowest BCUT2D eigenvalue weighted by atomic mass is 9.93. The van der Waals surface area contributed by atoms with Crippen molar-refractivity contribution < 1.29 is 17.2 Å². The number of benzene rings is 2. The van der Waals surface area contributed by atoms with Gasteiger partial charge in [-0.3, -0.25) is 19.4 Å². The first kappa shape index (κ1) is 26.7. The number of halogens is 3. The summed E-state index contributed by atoms with van der Waals surface area (Å²) in [7, 11) is -1.97. The summed E-state index contributed by atoms with van der Waals surface area (Å²) in [6, 6.07) is 11.5. The Morgan fingerprint density at radius 3 is 2.46 bits per heavy atom. The van der Waals surface area contributed by atoms with E-state index in [0.29, 0.717) is 38.3 Å². The number of nitrogens with zero attached hydrogens (tertiary/aromatic N) is 4. The average Bonchev–Trinajstić information content (AvgIpc) is 3.18. The van der Waals surface area contributed by atoms with Crippen molar-refractivity contribution in [2.45, 2.75) is 12.5 Å². The van der Waals surface area contributed by atoms with Gasteiger partial charge >= 0.3 is 0 Å². The van der Waals surface area contributed by atoms with Crippen LogP contribution >= 0.6 is 11.6 Å². The van der Waals surface area contributed by atoms with Crippen LogP contribution in [-0.4, -0.2) is 34.4 Å². The molecule has 200 valence electrons. The van der Waals surface area contributed by atoms with Gasteiger partial charge in [0.25, 0.3) is 0 Å². The van der Waals surface area contributed by atoms with Crippen LogP contribution in [0.25, 0.3) is 33.2 Å². The van der Waals surface area contributed by atoms with Crippen LogP contribution in [0.2, 0.25) is 5.02 Å². The molecule has 5 aromatic rings. The molecule has 12 heteroatoms. The standard InChI is InChI=1S/C27H23ClF2N6O2S/c1-36-26-20(5-6-22(28)24(26)27(34-36)35-39(2,37)38)21-11-17(16-4-3-7-32-13-16)14-33-25(21)23(31)10-15-8-18(29)12-19(30)9-15/h3-9,11-14,23H,10,31H2,1-2H3,(H,34,35)/t23-/m0/s1.